The van der Waals surface area contributed by atoms with Crippen molar-refractivity contribution in [2.24, 2.45) is 12.0 Å². The van der Waals surface area contributed by atoms with Crippen LogP contribution in [0.25, 0.3) is 10.2 Å². The third-order valence-corrected chi connectivity index (χ3v) is 5.56. The van der Waals surface area contributed by atoms with E-state index in [1.54, 1.807) is 35.6 Å². The first-order valence-corrected chi connectivity index (χ1v) is 9.98. The summed E-state index contributed by atoms with van der Waals surface area (Å²) in [5, 5.41) is 15.2. The largest absolute Gasteiger partial charge is 0.315 e. The standard InChI is InChI=1S/C16H17N5O3S2/c1-10-8-12(18-19(10)2)15(22)17-16-20(6-7-25-3)13-5-4-11(21(23)24)9-14(13)26-16/h4-5,8-9H,6-7H2,1-3H3. The van der Waals surface area contributed by atoms with Crippen LogP contribution in [0.15, 0.2) is 29.3 Å². The summed E-state index contributed by atoms with van der Waals surface area (Å²) in [4.78, 5) is 27.8. The van der Waals surface area contributed by atoms with E-state index in [1.165, 1.54) is 23.5 Å². The number of non-ortho nitro benzene ring substituents is 1. The minimum Gasteiger partial charge on any atom is -0.315 e. The van der Waals surface area contributed by atoms with Gasteiger partial charge in [-0.15, -0.1) is 0 Å². The number of aryl methyl sites for hydroxylation is 3. The minimum absolute atomic E-state index is 0.0222. The molecule has 3 aromatic rings. The molecule has 10 heteroatoms. The van der Waals surface area contributed by atoms with Gasteiger partial charge in [0.2, 0.25) is 0 Å². The Balaban J connectivity index is 2.12. The van der Waals surface area contributed by atoms with Crippen molar-refractivity contribution in [3.63, 3.8) is 0 Å². The summed E-state index contributed by atoms with van der Waals surface area (Å²) in [6, 6.07) is 6.39. The van der Waals surface area contributed by atoms with Crippen molar-refractivity contribution in [1.29, 1.82) is 0 Å². The van der Waals surface area contributed by atoms with E-state index in [4.69, 9.17) is 0 Å². The second-order valence-corrected chi connectivity index (χ2v) is 7.64. The van der Waals surface area contributed by atoms with Crippen molar-refractivity contribution < 1.29 is 9.72 Å². The van der Waals surface area contributed by atoms with E-state index < -0.39 is 10.8 Å². The maximum absolute atomic E-state index is 12.5. The van der Waals surface area contributed by atoms with Crippen LogP contribution in [0.4, 0.5) is 5.69 Å². The zero-order valence-electron chi connectivity index (χ0n) is 14.5. The first kappa shape index (κ1) is 18.3. The molecule has 0 saturated carbocycles. The van der Waals surface area contributed by atoms with Crippen LogP contribution in [-0.4, -0.2) is 37.2 Å². The number of nitrogens with zero attached hydrogens (tertiary/aromatic N) is 5. The van der Waals surface area contributed by atoms with Crippen LogP contribution in [0, 0.1) is 17.0 Å². The SMILES string of the molecule is CSCCn1c(=NC(=O)c2cc(C)n(C)n2)sc2cc([N+](=O)[O-])ccc21. The van der Waals surface area contributed by atoms with Crippen molar-refractivity contribution >= 4 is 44.9 Å². The maximum atomic E-state index is 12.5. The number of hydrogen-bond acceptors (Lipinski definition) is 6. The van der Waals surface area contributed by atoms with Gasteiger partial charge in [-0.3, -0.25) is 19.6 Å². The van der Waals surface area contributed by atoms with Crippen LogP contribution in [0.3, 0.4) is 0 Å². The Morgan fingerprint density at radius 1 is 1.42 bits per heavy atom. The summed E-state index contributed by atoms with van der Waals surface area (Å²) in [5.74, 6) is 0.417. The molecule has 0 unspecified atom stereocenters. The summed E-state index contributed by atoms with van der Waals surface area (Å²) in [7, 11) is 1.77. The van der Waals surface area contributed by atoms with Gasteiger partial charge in [-0.05, 0) is 25.3 Å². The minimum atomic E-state index is -0.427. The van der Waals surface area contributed by atoms with Gasteiger partial charge < -0.3 is 4.57 Å². The average molecular weight is 391 g/mol. The van der Waals surface area contributed by atoms with Crippen LogP contribution in [0.1, 0.15) is 16.2 Å². The van der Waals surface area contributed by atoms with Gasteiger partial charge in [0.15, 0.2) is 10.5 Å². The van der Waals surface area contributed by atoms with Gasteiger partial charge in [-0.25, -0.2) is 0 Å². The summed E-state index contributed by atoms with van der Waals surface area (Å²) in [6.07, 6.45) is 2.00. The Morgan fingerprint density at radius 3 is 2.81 bits per heavy atom. The second-order valence-electron chi connectivity index (χ2n) is 5.65. The summed E-state index contributed by atoms with van der Waals surface area (Å²) in [6.45, 7) is 2.52. The molecule has 0 fully saturated rings. The van der Waals surface area contributed by atoms with E-state index in [-0.39, 0.29) is 11.4 Å². The number of hydrogen-bond donors (Lipinski definition) is 0. The van der Waals surface area contributed by atoms with Gasteiger partial charge in [0, 0.05) is 37.2 Å². The third-order valence-electron chi connectivity index (χ3n) is 3.93. The molecule has 0 spiro atoms. The van der Waals surface area contributed by atoms with Crippen LogP contribution in [0.2, 0.25) is 0 Å². The number of thiazole rings is 1. The van der Waals surface area contributed by atoms with Crippen molar-refractivity contribution in [1.82, 2.24) is 14.3 Å². The molecule has 3 rings (SSSR count). The van der Waals surface area contributed by atoms with E-state index in [1.807, 2.05) is 17.7 Å². The van der Waals surface area contributed by atoms with Gasteiger partial charge in [-0.2, -0.15) is 21.9 Å². The molecule has 0 radical (unpaired) electrons. The van der Waals surface area contributed by atoms with E-state index >= 15 is 0 Å². The molecule has 0 aliphatic carbocycles. The number of rotatable bonds is 5. The molecule has 136 valence electrons. The molecule has 1 aromatic carbocycles. The number of nitro groups is 1. The molecule has 0 saturated heterocycles. The fourth-order valence-corrected chi connectivity index (χ4v) is 3.92. The lowest BCUT2D eigenvalue weighted by molar-refractivity contribution is -0.384. The first-order chi connectivity index (χ1) is 12.4. The summed E-state index contributed by atoms with van der Waals surface area (Å²) >= 11 is 2.95. The maximum Gasteiger partial charge on any atom is 0.300 e. The van der Waals surface area contributed by atoms with Crippen molar-refractivity contribution in [2.75, 3.05) is 12.0 Å². The Kier molecular flexibility index (Phi) is 5.23. The lowest BCUT2D eigenvalue weighted by atomic mass is 10.3. The third kappa shape index (κ3) is 3.56. The van der Waals surface area contributed by atoms with Gasteiger partial charge >= 0.3 is 0 Å². The van der Waals surface area contributed by atoms with Crippen molar-refractivity contribution in [3.8, 4) is 0 Å². The Morgan fingerprint density at radius 2 is 2.19 bits per heavy atom. The summed E-state index contributed by atoms with van der Waals surface area (Å²) in [5.41, 5.74) is 2.00. The number of carbonyl (C=O) groups excluding carboxylic acids is 1. The van der Waals surface area contributed by atoms with E-state index in [0.717, 1.165) is 21.7 Å². The zero-order valence-corrected chi connectivity index (χ0v) is 16.1. The van der Waals surface area contributed by atoms with Crippen LogP contribution in [-0.2, 0) is 13.6 Å². The lowest BCUT2D eigenvalue weighted by Gasteiger charge is -2.03. The topological polar surface area (TPSA) is 95.3 Å². The molecule has 26 heavy (non-hydrogen) atoms. The fraction of sp³-hybridized carbons (Fsp3) is 0.312. The zero-order chi connectivity index (χ0) is 18.8. The highest BCUT2D eigenvalue weighted by Gasteiger charge is 2.14. The highest BCUT2D eigenvalue weighted by atomic mass is 32.2. The molecule has 2 heterocycles. The van der Waals surface area contributed by atoms with Crippen molar-refractivity contribution in [2.45, 2.75) is 13.5 Å². The number of amides is 1. The number of thioether (sulfide) groups is 1. The molecule has 0 aliphatic heterocycles. The van der Waals surface area contributed by atoms with Gasteiger partial charge in [0.25, 0.3) is 11.6 Å². The van der Waals surface area contributed by atoms with Crippen LogP contribution < -0.4 is 4.80 Å². The molecule has 8 nitrogen and oxygen atoms in total. The Bertz CT molecular complexity index is 1040. The predicted octanol–water partition coefficient (Wildman–Crippen LogP) is 2.76. The number of nitro benzene ring substituents is 1. The molecule has 0 N–H and O–H groups in total. The molecule has 0 aliphatic rings. The molecule has 2 aromatic heterocycles. The Labute approximate surface area is 157 Å². The van der Waals surface area contributed by atoms with Crippen LogP contribution >= 0.6 is 23.1 Å². The van der Waals surface area contributed by atoms with Gasteiger partial charge in [0.05, 0.1) is 15.1 Å². The number of fused-ring (bicyclic) bond motifs is 1. The number of carbonyl (C=O) groups is 1. The second kappa shape index (κ2) is 7.42. The molecule has 0 bridgehead atoms. The molecule has 1 amide bonds. The lowest BCUT2D eigenvalue weighted by Crippen LogP contribution is -2.18. The highest BCUT2D eigenvalue weighted by Crippen LogP contribution is 2.23. The van der Waals surface area contributed by atoms with E-state index in [9.17, 15) is 14.9 Å². The van der Waals surface area contributed by atoms with Crippen LogP contribution in [0.5, 0.6) is 0 Å². The average Bonchev–Trinajstić information content (AvgIpc) is 3.12. The molecular formula is C16H17N5O3S2. The monoisotopic (exact) mass is 391 g/mol. The summed E-state index contributed by atoms with van der Waals surface area (Å²) < 4.78 is 4.27. The smallest absolute Gasteiger partial charge is 0.300 e. The van der Waals surface area contributed by atoms with E-state index in [0.29, 0.717) is 11.3 Å². The van der Waals surface area contributed by atoms with Gasteiger partial charge in [0.1, 0.15) is 0 Å². The molecule has 0 atom stereocenters. The Hall–Kier alpha value is -2.46. The number of benzene rings is 1. The van der Waals surface area contributed by atoms with Gasteiger partial charge in [-0.1, -0.05) is 11.3 Å². The predicted molar refractivity (Wildman–Crippen MR) is 103 cm³/mol. The van der Waals surface area contributed by atoms with E-state index in [2.05, 4.69) is 10.1 Å². The fourth-order valence-electron chi connectivity index (χ4n) is 2.47. The van der Waals surface area contributed by atoms with Crippen molar-refractivity contribution in [3.05, 3.63) is 50.6 Å². The molecular weight excluding hydrogens is 374 g/mol. The normalized spacial score (nSPS) is 12.0. The quantitative estimate of drug-likeness (QED) is 0.492. The first-order valence-electron chi connectivity index (χ1n) is 7.77. The number of aromatic nitrogens is 3. The highest BCUT2D eigenvalue weighted by molar-refractivity contribution is 7.98.